The summed E-state index contributed by atoms with van der Waals surface area (Å²) in [5, 5.41) is 1.75. The summed E-state index contributed by atoms with van der Waals surface area (Å²) in [4.78, 5) is 11.8. The van der Waals surface area contributed by atoms with Gasteiger partial charge in [-0.15, -0.1) is 11.3 Å². The third kappa shape index (κ3) is 2.23. The first-order valence-corrected chi connectivity index (χ1v) is 7.93. The second-order valence-electron chi connectivity index (χ2n) is 3.92. The van der Waals surface area contributed by atoms with Crippen molar-refractivity contribution in [3.63, 3.8) is 0 Å². The summed E-state index contributed by atoms with van der Waals surface area (Å²) in [5.41, 5.74) is 0.258. The molecule has 0 spiro atoms. The summed E-state index contributed by atoms with van der Waals surface area (Å²) >= 11 is 1.11. The molecule has 0 saturated carbocycles. The Bertz CT molecular complexity index is 730. The van der Waals surface area contributed by atoms with Gasteiger partial charge in [-0.25, -0.2) is 13.1 Å². The minimum Gasteiger partial charge on any atom is -0.455 e. The molecule has 1 aromatic heterocycles. The molecule has 0 fully saturated rings. The second-order valence-corrected chi connectivity index (χ2v) is 6.39. The SMILES string of the molecule is O=C(NS(=O)(=O)c1c2csc1OCO2)c1ccccc1. The zero-order valence-electron chi connectivity index (χ0n) is 10.0. The van der Waals surface area contributed by atoms with Gasteiger partial charge in [0.05, 0.1) is 0 Å². The van der Waals surface area contributed by atoms with Gasteiger partial charge in [0.15, 0.2) is 10.6 Å². The monoisotopic (exact) mass is 311 g/mol. The summed E-state index contributed by atoms with van der Waals surface area (Å²) in [6.07, 6.45) is 0. The number of thiophene rings is 1. The normalized spacial score (nSPS) is 13.2. The van der Waals surface area contributed by atoms with Crippen LogP contribution in [-0.2, 0) is 10.0 Å². The van der Waals surface area contributed by atoms with E-state index in [-0.39, 0.29) is 28.1 Å². The maximum Gasteiger partial charge on any atom is 0.272 e. The Morgan fingerprint density at radius 3 is 2.65 bits per heavy atom. The molecule has 2 heterocycles. The third-order valence-corrected chi connectivity index (χ3v) is 4.99. The number of ether oxygens (including phenoxy) is 2. The lowest BCUT2D eigenvalue weighted by Crippen LogP contribution is -2.31. The Balaban J connectivity index is 1.90. The molecule has 3 rings (SSSR count). The number of amides is 1. The van der Waals surface area contributed by atoms with E-state index in [0.29, 0.717) is 0 Å². The van der Waals surface area contributed by atoms with Crippen molar-refractivity contribution in [2.75, 3.05) is 6.79 Å². The van der Waals surface area contributed by atoms with Crippen molar-refractivity contribution < 1.29 is 22.7 Å². The van der Waals surface area contributed by atoms with Gasteiger partial charge < -0.3 is 9.47 Å². The number of rotatable bonds is 3. The van der Waals surface area contributed by atoms with Crippen LogP contribution in [0.2, 0.25) is 0 Å². The highest BCUT2D eigenvalue weighted by Gasteiger charge is 2.32. The first-order chi connectivity index (χ1) is 9.58. The fraction of sp³-hybridized carbons (Fsp3) is 0.0833. The van der Waals surface area contributed by atoms with Gasteiger partial charge in [0.25, 0.3) is 15.9 Å². The molecular weight excluding hydrogens is 302 g/mol. The molecule has 2 aromatic rings. The molecule has 1 amide bonds. The van der Waals surface area contributed by atoms with Crippen molar-refractivity contribution in [1.82, 2.24) is 4.72 Å². The Kier molecular flexibility index (Phi) is 3.11. The molecule has 1 N–H and O–H groups in total. The van der Waals surface area contributed by atoms with Crippen molar-refractivity contribution in [3.8, 4) is 10.8 Å². The minimum absolute atomic E-state index is 0.0280. The van der Waals surface area contributed by atoms with Crippen LogP contribution < -0.4 is 14.2 Å². The van der Waals surface area contributed by atoms with Crippen molar-refractivity contribution in [2.45, 2.75) is 4.90 Å². The first-order valence-electron chi connectivity index (χ1n) is 5.57. The molecule has 1 aromatic carbocycles. The largest absolute Gasteiger partial charge is 0.455 e. The highest BCUT2D eigenvalue weighted by Crippen LogP contribution is 2.42. The molecule has 1 aliphatic rings. The highest BCUT2D eigenvalue weighted by atomic mass is 32.2. The van der Waals surface area contributed by atoms with Gasteiger partial charge in [0.1, 0.15) is 0 Å². The predicted octanol–water partition coefficient (Wildman–Crippen LogP) is 1.60. The van der Waals surface area contributed by atoms with Gasteiger partial charge in [-0.1, -0.05) is 18.2 Å². The molecule has 0 atom stereocenters. The molecule has 0 aliphatic carbocycles. The van der Waals surface area contributed by atoms with Crippen LogP contribution in [0.4, 0.5) is 0 Å². The number of carbonyl (C=O) groups is 1. The van der Waals surface area contributed by atoms with Crippen molar-refractivity contribution in [1.29, 1.82) is 0 Å². The molecule has 0 unspecified atom stereocenters. The van der Waals surface area contributed by atoms with Crippen LogP contribution in [0, 0.1) is 0 Å². The van der Waals surface area contributed by atoms with E-state index in [1.807, 2.05) is 4.72 Å². The average Bonchev–Trinajstić information content (AvgIpc) is 2.71. The molecule has 8 heteroatoms. The third-order valence-electron chi connectivity index (χ3n) is 2.62. The Morgan fingerprint density at radius 2 is 1.95 bits per heavy atom. The fourth-order valence-corrected chi connectivity index (χ4v) is 4.12. The number of hydrogen-bond acceptors (Lipinski definition) is 6. The predicted molar refractivity (Wildman–Crippen MR) is 71.5 cm³/mol. The smallest absolute Gasteiger partial charge is 0.272 e. The second kappa shape index (κ2) is 4.80. The van der Waals surface area contributed by atoms with E-state index in [2.05, 4.69) is 0 Å². The molecular formula is C12H9NO5S2. The molecule has 20 heavy (non-hydrogen) atoms. The molecule has 104 valence electrons. The average molecular weight is 311 g/mol. The zero-order chi connectivity index (χ0) is 14.2. The minimum atomic E-state index is -4.03. The van der Waals surface area contributed by atoms with Crippen LogP contribution in [0.3, 0.4) is 0 Å². The molecule has 6 nitrogen and oxygen atoms in total. The van der Waals surface area contributed by atoms with Crippen LogP contribution in [0.15, 0.2) is 40.6 Å². The maximum atomic E-state index is 12.2. The van der Waals surface area contributed by atoms with Gasteiger partial charge in [-0.05, 0) is 12.1 Å². The number of benzene rings is 1. The van der Waals surface area contributed by atoms with Gasteiger partial charge in [-0.3, -0.25) is 4.79 Å². The van der Waals surface area contributed by atoms with Gasteiger partial charge in [0.2, 0.25) is 11.9 Å². The summed E-state index contributed by atoms with van der Waals surface area (Å²) in [6, 6.07) is 8.09. The number of hydrogen-bond donors (Lipinski definition) is 1. The summed E-state index contributed by atoms with van der Waals surface area (Å²) in [7, 11) is -4.03. The Labute approximate surface area is 119 Å². The summed E-state index contributed by atoms with van der Waals surface area (Å²) in [5.74, 6) is -0.501. The zero-order valence-corrected chi connectivity index (χ0v) is 11.7. The molecule has 2 bridgehead atoms. The molecule has 1 aliphatic heterocycles. The van der Waals surface area contributed by atoms with E-state index in [4.69, 9.17) is 9.47 Å². The van der Waals surface area contributed by atoms with E-state index in [9.17, 15) is 13.2 Å². The van der Waals surface area contributed by atoms with Crippen LogP contribution in [0.5, 0.6) is 10.8 Å². The highest BCUT2D eigenvalue weighted by molar-refractivity contribution is 7.90. The van der Waals surface area contributed by atoms with Crippen molar-refractivity contribution in [3.05, 3.63) is 41.3 Å². The fourth-order valence-electron chi connectivity index (χ4n) is 1.72. The van der Waals surface area contributed by atoms with Crippen molar-refractivity contribution in [2.24, 2.45) is 0 Å². The number of fused-ring (bicyclic) bond motifs is 2. The maximum absolute atomic E-state index is 12.2. The van der Waals surface area contributed by atoms with E-state index in [1.54, 1.807) is 18.2 Å². The van der Waals surface area contributed by atoms with E-state index >= 15 is 0 Å². The van der Waals surface area contributed by atoms with Crippen molar-refractivity contribution >= 4 is 27.3 Å². The van der Waals surface area contributed by atoms with Gasteiger partial charge >= 0.3 is 0 Å². The van der Waals surface area contributed by atoms with Gasteiger partial charge in [-0.2, -0.15) is 0 Å². The quantitative estimate of drug-likeness (QED) is 0.931. The van der Waals surface area contributed by atoms with Crippen LogP contribution in [-0.4, -0.2) is 21.1 Å². The van der Waals surface area contributed by atoms with Gasteiger partial charge in [0, 0.05) is 10.9 Å². The van der Waals surface area contributed by atoms with E-state index < -0.39 is 15.9 Å². The summed E-state index contributed by atoms with van der Waals surface area (Å²) < 4.78 is 36.6. The summed E-state index contributed by atoms with van der Waals surface area (Å²) in [6.45, 7) is -0.0280. The lowest BCUT2D eigenvalue weighted by molar-refractivity contribution is 0.0976. The first kappa shape index (κ1) is 12.9. The lowest BCUT2D eigenvalue weighted by atomic mass is 10.2. The standard InChI is InChI=1S/C12H9NO5S2/c14-11(8-4-2-1-3-5-8)13-20(15,16)10-9-6-19-12(10)18-7-17-9/h1-6H,7H2,(H,13,14). The number of nitrogens with one attached hydrogen (secondary N) is 1. The number of carbonyl (C=O) groups excluding carboxylic acids is 1. The van der Waals surface area contributed by atoms with Crippen LogP contribution in [0.25, 0.3) is 0 Å². The Hall–Kier alpha value is -2.06. The van der Waals surface area contributed by atoms with Crippen LogP contribution in [0.1, 0.15) is 10.4 Å². The Morgan fingerprint density at radius 1 is 1.20 bits per heavy atom. The molecule has 0 saturated heterocycles. The number of sulfonamides is 1. The molecule has 0 radical (unpaired) electrons. The lowest BCUT2D eigenvalue weighted by Gasteiger charge is -2.15. The topological polar surface area (TPSA) is 81.7 Å². The van der Waals surface area contributed by atoms with E-state index in [1.165, 1.54) is 17.5 Å². The van der Waals surface area contributed by atoms with E-state index in [0.717, 1.165) is 11.3 Å². The van der Waals surface area contributed by atoms with Crippen LogP contribution >= 0.6 is 11.3 Å².